The third-order valence-corrected chi connectivity index (χ3v) is 3.72. The van der Waals surface area contributed by atoms with Crippen LogP contribution in [0.2, 0.25) is 0 Å². The van der Waals surface area contributed by atoms with Gasteiger partial charge in [0, 0.05) is 6.54 Å². The van der Waals surface area contributed by atoms with Crippen LogP contribution in [0.25, 0.3) is 6.08 Å². The quantitative estimate of drug-likeness (QED) is 0.830. The van der Waals surface area contributed by atoms with Gasteiger partial charge in [-0.25, -0.2) is 4.79 Å². The van der Waals surface area contributed by atoms with E-state index >= 15 is 0 Å². The Morgan fingerprint density at radius 3 is 2.52 bits per heavy atom. The van der Waals surface area contributed by atoms with Crippen molar-refractivity contribution < 1.29 is 9.53 Å². The van der Waals surface area contributed by atoms with Crippen molar-refractivity contribution in [1.29, 1.82) is 5.26 Å². The molecule has 0 aromatic heterocycles. The van der Waals surface area contributed by atoms with E-state index in [1.807, 2.05) is 57.2 Å². The number of hydrogen-bond acceptors (Lipinski definition) is 3. The minimum Gasteiger partial charge on any atom is -0.444 e. The van der Waals surface area contributed by atoms with Gasteiger partial charge in [0.2, 0.25) is 0 Å². The minimum atomic E-state index is -0.468. The topological polar surface area (TPSA) is 62.1 Å². The van der Waals surface area contributed by atoms with E-state index in [1.165, 1.54) is 0 Å². The summed E-state index contributed by atoms with van der Waals surface area (Å²) < 4.78 is 5.16. The Labute approximate surface area is 138 Å². The summed E-state index contributed by atoms with van der Waals surface area (Å²) in [5.74, 6) is 0. The maximum absolute atomic E-state index is 11.5. The molecule has 1 N–H and O–H groups in total. The van der Waals surface area contributed by atoms with Crippen LogP contribution in [-0.4, -0.2) is 18.2 Å². The average Bonchev–Trinajstić information content (AvgIpc) is 3.27. The van der Waals surface area contributed by atoms with Gasteiger partial charge in [0.05, 0.1) is 11.5 Å². The maximum atomic E-state index is 11.5. The number of benzene rings is 1. The predicted molar refractivity (Wildman–Crippen MR) is 90.9 cm³/mol. The van der Waals surface area contributed by atoms with Gasteiger partial charge in [-0.05, 0) is 51.2 Å². The summed E-state index contributed by atoms with van der Waals surface area (Å²) in [5.41, 5.74) is 1.52. The molecule has 0 unspecified atom stereocenters. The first-order valence-electron chi connectivity index (χ1n) is 8.00. The molecule has 122 valence electrons. The monoisotopic (exact) mass is 312 g/mol. The van der Waals surface area contributed by atoms with Crippen LogP contribution in [-0.2, 0) is 10.2 Å². The van der Waals surface area contributed by atoms with E-state index in [0.717, 1.165) is 30.4 Å². The third kappa shape index (κ3) is 5.14. The fourth-order valence-corrected chi connectivity index (χ4v) is 2.29. The molecule has 1 aromatic carbocycles. The number of rotatable bonds is 5. The van der Waals surface area contributed by atoms with E-state index in [9.17, 15) is 10.1 Å². The van der Waals surface area contributed by atoms with Crippen molar-refractivity contribution >= 4 is 12.2 Å². The van der Waals surface area contributed by atoms with E-state index in [-0.39, 0.29) is 11.5 Å². The number of nitrogens with one attached hydrogen (secondary N) is 1. The number of alkyl carbamates (subject to hydrolysis) is 1. The largest absolute Gasteiger partial charge is 0.444 e. The minimum absolute atomic E-state index is 0.223. The van der Waals surface area contributed by atoms with Crippen LogP contribution in [0.4, 0.5) is 4.79 Å². The Bertz CT molecular complexity index is 614. The molecule has 1 amide bonds. The van der Waals surface area contributed by atoms with E-state index in [1.54, 1.807) is 0 Å². The van der Waals surface area contributed by atoms with Gasteiger partial charge in [-0.2, -0.15) is 5.26 Å². The molecule has 0 spiro atoms. The Morgan fingerprint density at radius 1 is 1.35 bits per heavy atom. The average molecular weight is 312 g/mol. The molecule has 0 bridgehead atoms. The van der Waals surface area contributed by atoms with Crippen molar-refractivity contribution in [3.05, 3.63) is 41.5 Å². The van der Waals surface area contributed by atoms with Gasteiger partial charge in [-0.3, -0.25) is 0 Å². The summed E-state index contributed by atoms with van der Waals surface area (Å²) in [6.45, 7) is 6.07. The lowest BCUT2D eigenvalue weighted by molar-refractivity contribution is 0.0529. The summed E-state index contributed by atoms with van der Waals surface area (Å²) in [5, 5.41) is 11.9. The molecule has 4 nitrogen and oxygen atoms in total. The molecule has 2 rings (SSSR count). The first-order valence-corrected chi connectivity index (χ1v) is 8.00. The van der Waals surface area contributed by atoms with E-state index in [2.05, 4.69) is 11.4 Å². The van der Waals surface area contributed by atoms with Gasteiger partial charge in [0.1, 0.15) is 5.60 Å². The standard InChI is InChI=1S/C19H24N2O2/c1-18(2,3)23-17(22)21-13-5-4-6-15-7-9-16(10-8-15)19(14-20)11-12-19/h4,6-10H,5,11-13H2,1-3H3,(H,21,22). The Hall–Kier alpha value is -2.28. The number of nitriles is 1. The Morgan fingerprint density at radius 2 is 2.00 bits per heavy atom. The highest BCUT2D eigenvalue weighted by atomic mass is 16.6. The van der Waals surface area contributed by atoms with Gasteiger partial charge in [-0.1, -0.05) is 36.4 Å². The van der Waals surface area contributed by atoms with Crippen molar-refractivity contribution in [2.24, 2.45) is 0 Å². The zero-order chi connectivity index (χ0) is 16.9. The van der Waals surface area contributed by atoms with Crippen molar-refractivity contribution in [2.75, 3.05) is 6.54 Å². The van der Waals surface area contributed by atoms with Crippen molar-refractivity contribution in [3.8, 4) is 6.07 Å². The lowest BCUT2D eigenvalue weighted by Crippen LogP contribution is -2.32. The van der Waals surface area contributed by atoms with Gasteiger partial charge in [0.15, 0.2) is 0 Å². The summed E-state index contributed by atoms with van der Waals surface area (Å²) >= 11 is 0. The molecular formula is C19H24N2O2. The lowest BCUT2D eigenvalue weighted by atomic mass is 9.96. The highest BCUT2D eigenvalue weighted by Gasteiger charge is 2.44. The smallest absolute Gasteiger partial charge is 0.407 e. The summed E-state index contributed by atoms with van der Waals surface area (Å²) in [6.07, 6.45) is 6.32. The number of amides is 1. The van der Waals surface area contributed by atoms with Gasteiger partial charge < -0.3 is 10.1 Å². The third-order valence-electron chi connectivity index (χ3n) is 3.72. The molecule has 1 saturated carbocycles. The molecule has 0 aliphatic heterocycles. The molecule has 1 aromatic rings. The molecule has 4 heteroatoms. The van der Waals surface area contributed by atoms with E-state index in [4.69, 9.17) is 4.74 Å². The van der Waals surface area contributed by atoms with E-state index in [0.29, 0.717) is 6.54 Å². The van der Waals surface area contributed by atoms with Gasteiger partial charge >= 0.3 is 6.09 Å². The zero-order valence-corrected chi connectivity index (χ0v) is 14.1. The van der Waals surface area contributed by atoms with Crippen molar-refractivity contribution in [1.82, 2.24) is 5.32 Å². The normalized spacial score (nSPS) is 15.9. The first-order chi connectivity index (χ1) is 10.8. The highest BCUT2D eigenvalue weighted by molar-refractivity contribution is 5.67. The lowest BCUT2D eigenvalue weighted by Gasteiger charge is -2.19. The van der Waals surface area contributed by atoms with Crippen molar-refractivity contribution in [3.63, 3.8) is 0 Å². The number of carbonyl (C=O) groups is 1. The first kappa shape index (κ1) is 17.1. The number of carbonyl (C=O) groups excluding carboxylic acids is 1. The molecule has 1 fully saturated rings. The number of hydrogen-bond donors (Lipinski definition) is 1. The molecule has 1 aliphatic carbocycles. The Balaban J connectivity index is 1.74. The second-order valence-corrected chi connectivity index (χ2v) is 6.94. The number of ether oxygens (including phenoxy) is 1. The maximum Gasteiger partial charge on any atom is 0.407 e. The summed E-state index contributed by atoms with van der Waals surface area (Å²) in [7, 11) is 0. The van der Waals surface area contributed by atoms with E-state index < -0.39 is 5.60 Å². The van der Waals surface area contributed by atoms with Crippen LogP contribution < -0.4 is 5.32 Å². The second kappa shape index (κ2) is 6.87. The van der Waals surface area contributed by atoms with Crippen LogP contribution in [0.5, 0.6) is 0 Å². The SMILES string of the molecule is CC(C)(C)OC(=O)NCCC=Cc1ccc(C2(C#N)CC2)cc1. The van der Waals surface area contributed by atoms with Crippen molar-refractivity contribution in [2.45, 2.75) is 51.0 Å². The predicted octanol–water partition coefficient (Wildman–Crippen LogP) is 4.17. The molecule has 23 heavy (non-hydrogen) atoms. The fraction of sp³-hybridized carbons (Fsp3) is 0.474. The number of nitrogens with zero attached hydrogens (tertiary/aromatic N) is 1. The zero-order valence-electron chi connectivity index (χ0n) is 14.1. The van der Waals surface area contributed by atoms with Crippen LogP contribution in [0.1, 0.15) is 51.2 Å². The van der Waals surface area contributed by atoms with Crippen LogP contribution in [0.3, 0.4) is 0 Å². The highest BCUT2D eigenvalue weighted by Crippen LogP contribution is 2.47. The summed E-state index contributed by atoms with van der Waals surface area (Å²) in [6, 6.07) is 10.5. The molecule has 1 aliphatic rings. The molecular weight excluding hydrogens is 288 g/mol. The van der Waals surface area contributed by atoms with Crippen LogP contribution >= 0.6 is 0 Å². The molecule has 0 saturated heterocycles. The molecule has 0 atom stereocenters. The second-order valence-electron chi connectivity index (χ2n) is 6.94. The molecule has 0 radical (unpaired) electrons. The van der Waals surface area contributed by atoms with Crippen LogP contribution in [0, 0.1) is 11.3 Å². The van der Waals surface area contributed by atoms with Crippen LogP contribution in [0.15, 0.2) is 30.3 Å². The fourth-order valence-electron chi connectivity index (χ4n) is 2.29. The Kier molecular flexibility index (Phi) is 5.10. The van der Waals surface area contributed by atoms with Gasteiger partial charge in [-0.15, -0.1) is 0 Å². The molecule has 0 heterocycles. The summed E-state index contributed by atoms with van der Waals surface area (Å²) in [4.78, 5) is 11.5. The van der Waals surface area contributed by atoms with Gasteiger partial charge in [0.25, 0.3) is 0 Å².